The predicted molar refractivity (Wildman–Crippen MR) is 100 cm³/mol. The number of morpholine rings is 1. The van der Waals surface area contributed by atoms with Crippen LogP contribution >= 0.6 is 0 Å². The molecule has 2 aromatic rings. The molecule has 2 amide bonds. The molecule has 1 aliphatic rings. The van der Waals surface area contributed by atoms with Crippen molar-refractivity contribution in [2.75, 3.05) is 43.1 Å². The van der Waals surface area contributed by atoms with Gasteiger partial charge in [0, 0.05) is 30.5 Å². The van der Waals surface area contributed by atoms with Crippen molar-refractivity contribution in [1.29, 1.82) is 0 Å². The summed E-state index contributed by atoms with van der Waals surface area (Å²) < 4.78 is 42.0. The molecule has 3 rings (SSSR count). The first-order valence-corrected chi connectivity index (χ1v) is 8.87. The van der Waals surface area contributed by atoms with E-state index in [-0.39, 0.29) is 11.3 Å². The molecule has 10 heteroatoms. The minimum absolute atomic E-state index is 0.00726. The number of hydrogen-bond donors (Lipinski definition) is 2. The summed E-state index contributed by atoms with van der Waals surface area (Å²) >= 11 is 0. The normalized spacial score (nSPS) is 14.4. The van der Waals surface area contributed by atoms with E-state index in [1.165, 1.54) is 30.5 Å². The maximum Gasteiger partial charge on any atom is 0.405 e. The molecule has 0 unspecified atom stereocenters. The van der Waals surface area contributed by atoms with Crippen LogP contribution in [0.3, 0.4) is 0 Å². The van der Waals surface area contributed by atoms with Gasteiger partial charge in [0.05, 0.1) is 18.8 Å². The number of carbonyl (C=O) groups is 2. The summed E-state index contributed by atoms with van der Waals surface area (Å²) in [4.78, 5) is 30.6. The molecule has 1 aromatic carbocycles. The van der Waals surface area contributed by atoms with Crippen molar-refractivity contribution >= 4 is 23.3 Å². The molecule has 7 nitrogen and oxygen atoms in total. The molecule has 0 spiro atoms. The van der Waals surface area contributed by atoms with Crippen molar-refractivity contribution in [3.05, 3.63) is 53.7 Å². The molecular weight excluding hydrogens is 389 g/mol. The van der Waals surface area contributed by atoms with Gasteiger partial charge in [0.2, 0.25) is 0 Å². The van der Waals surface area contributed by atoms with E-state index in [2.05, 4.69) is 10.3 Å². The zero-order valence-corrected chi connectivity index (χ0v) is 15.3. The Labute approximate surface area is 164 Å². The van der Waals surface area contributed by atoms with Crippen molar-refractivity contribution in [3.8, 4) is 0 Å². The first kappa shape index (κ1) is 20.6. The first-order chi connectivity index (χ1) is 13.8. The second kappa shape index (κ2) is 8.91. The summed E-state index contributed by atoms with van der Waals surface area (Å²) in [6.07, 6.45) is -3.05. The van der Waals surface area contributed by atoms with Gasteiger partial charge in [-0.3, -0.25) is 9.59 Å². The van der Waals surface area contributed by atoms with Crippen LogP contribution in [0.25, 0.3) is 0 Å². The van der Waals surface area contributed by atoms with Crippen LogP contribution in [-0.2, 0) is 4.74 Å². The largest absolute Gasteiger partial charge is 0.405 e. The molecule has 1 fully saturated rings. The Hall–Kier alpha value is -3.14. The second-order valence-corrected chi connectivity index (χ2v) is 6.34. The number of alkyl halides is 3. The topological polar surface area (TPSA) is 83.6 Å². The molecule has 0 aliphatic carbocycles. The third-order valence-corrected chi connectivity index (χ3v) is 4.18. The van der Waals surface area contributed by atoms with Gasteiger partial charge in [0.25, 0.3) is 11.8 Å². The summed E-state index contributed by atoms with van der Waals surface area (Å²) in [7, 11) is 0. The fourth-order valence-electron chi connectivity index (χ4n) is 2.72. The summed E-state index contributed by atoms with van der Waals surface area (Å²) in [6, 6.07) is 9.04. The minimum Gasteiger partial charge on any atom is -0.378 e. The first-order valence-electron chi connectivity index (χ1n) is 8.87. The number of nitrogens with zero attached hydrogens (tertiary/aromatic N) is 2. The average Bonchev–Trinajstić information content (AvgIpc) is 2.72. The van der Waals surface area contributed by atoms with Crippen molar-refractivity contribution in [2.24, 2.45) is 0 Å². The van der Waals surface area contributed by atoms with Gasteiger partial charge in [-0.1, -0.05) is 6.07 Å². The third kappa shape index (κ3) is 5.92. The Morgan fingerprint density at radius 1 is 1.07 bits per heavy atom. The number of pyridine rings is 1. The van der Waals surface area contributed by atoms with E-state index in [1.54, 1.807) is 17.4 Å². The molecule has 0 saturated carbocycles. The zero-order chi connectivity index (χ0) is 20.9. The van der Waals surface area contributed by atoms with Gasteiger partial charge in [-0.25, -0.2) is 4.98 Å². The van der Waals surface area contributed by atoms with Crippen LogP contribution in [-0.4, -0.2) is 55.8 Å². The molecule has 2 N–H and O–H groups in total. The standard InChI is InChI=1S/C19H19F3N4O3/c20-19(21,22)12-24-17(27)13-2-1-3-15(10-13)25-18(28)14-4-5-16(23-11-14)26-6-8-29-9-7-26/h1-5,10-11H,6-9,12H2,(H,24,27)(H,25,28). The van der Waals surface area contributed by atoms with E-state index >= 15 is 0 Å². The third-order valence-electron chi connectivity index (χ3n) is 4.18. The molecule has 0 bridgehead atoms. The maximum atomic E-state index is 12.4. The van der Waals surface area contributed by atoms with Crippen LogP contribution in [0.5, 0.6) is 0 Å². The summed E-state index contributed by atoms with van der Waals surface area (Å²) in [5.74, 6) is -0.581. The van der Waals surface area contributed by atoms with Gasteiger partial charge in [-0.05, 0) is 30.3 Å². The molecule has 0 atom stereocenters. The Kier molecular flexibility index (Phi) is 6.32. The van der Waals surface area contributed by atoms with Gasteiger partial charge in [-0.15, -0.1) is 0 Å². The highest BCUT2D eigenvalue weighted by atomic mass is 19.4. The fourth-order valence-corrected chi connectivity index (χ4v) is 2.72. The van der Waals surface area contributed by atoms with Gasteiger partial charge >= 0.3 is 6.18 Å². The fraction of sp³-hybridized carbons (Fsp3) is 0.316. The monoisotopic (exact) mass is 408 g/mol. The smallest absolute Gasteiger partial charge is 0.378 e. The number of anilines is 2. The number of aromatic nitrogens is 1. The molecule has 2 heterocycles. The number of nitrogens with one attached hydrogen (secondary N) is 2. The van der Waals surface area contributed by atoms with Crippen molar-refractivity contribution in [1.82, 2.24) is 10.3 Å². The van der Waals surface area contributed by atoms with Gasteiger partial charge in [-0.2, -0.15) is 13.2 Å². The number of amides is 2. The summed E-state index contributed by atoms with van der Waals surface area (Å²) in [6.45, 7) is 1.26. The van der Waals surface area contributed by atoms with Gasteiger partial charge in [0.1, 0.15) is 12.4 Å². The van der Waals surface area contributed by atoms with Gasteiger partial charge < -0.3 is 20.3 Å². The number of ether oxygens (including phenoxy) is 1. The molecule has 1 aromatic heterocycles. The zero-order valence-electron chi connectivity index (χ0n) is 15.3. The quantitative estimate of drug-likeness (QED) is 0.794. The van der Waals surface area contributed by atoms with Crippen molar-refractivity contribution in [2.45, 2.75) is 6.18 Å². The highest BCUT2D eigenvalue weighted by Crippen LogP contribution is 2.16. The van der Waals surface area contributed by atoms with E-state index in [0.29, 0.717) is 18.8 Å². The van der Waals surface area contributed by atoms with E-state index in [9.17, 15) is 22.8 Å². The molecule has 154 valence electrons. The Balaban J connectivity index is 1.62. The highest BCUT2D eigenvalue weighted by Gasteiger charge is 2.28. The highest BCUT2D eigenvalue weighted by molar-refractivity contribution is 6.05. The summed E-state index contributed by atoms with van der Waals surface area (Å²) in [5, 5.41) is 4.40. The number of halogens is 3. The Morgan fingerprint density at radius 3 is 2.48 bits per heavy atom. The lowest BCUT2D eigenvalue weighted by Gasteiger charge is -2.27. The van der Waals surface area contributed by atoms with E-state index in [4.69, 9.17) is 4.74 Å². The number of hydrogen-bond acceptors (Lipinski definition) is 5. The van der Waals surface area contributed by atoms with Crippen LogP contribution < -0.4 is 15.5 Å². The number of rotatable bonds is 5. The van der Waals surface area contributed by atoms with Crippen molar-refractivity contribution in [3.63, 3.8) is 0 Å². The Bertz CT molecular complexity index is 866. The lowest BCUT2D eigenvalue weighted by Crippen LogP contribution is -2.36. The minimum atomic E-state index is -4.50. The van der Waals surface area contributed by atoms with E-state index in [1.807, 2.05) is 4.90 Å². The maximum absolute atomic E-state index is 12.4. The molecule has 29 heavy (non-hydrogen) atoms. The van der Waals surface area contributed by atoms with Crippen LogP contribution in [0, 0.1) is 0 Å². The van der Waals surface area contributed by atoms with Crippen LogP contribution in [0.15, 0.2) is 42.6 Å². The average molecular weight is 408 g/mol. The van der Waals surface area contributed by atoms with E-state index < -0.39 is 24.5 Å². The lowest BCUT2D eigenvalue weighted by molar-refractivity contribution is -0.123. The predicted octanol–water partition coefficient (Wildman–Crippen LogP) is 2.46. The van der Waals surface area contributed by atoms with Crippen LogP contribution in [0.4, 0.5) is 24.7 Å². The second-order valence-electron chi connectivity index (χ2n) is 6.34. The Morgan fingerprint density at radius 2 is 1.83 bits per heavy atom. The number of carbonyl (C=O) groups excluding carboxylic acids is 2. The molecule has 1 aliphatic heterocycles. The molecule has 1 saturated heterocycles. The van der Waals surface area contributed by atoms with Crippen LogP contribution in [0.1, 0.15) is 20.7 Å². The van der Waals surface area contributed by atoms with E-state index in [0.717, 1.165) is 18.9 Å². The molecule has 0 radical (unpaired) electrons. The number of benzene rings is 1. The SMILES string of the molecule is O=C(NCC(F)(F)F)c1cccc(NC(=O)c2ccc(N3CCOCC3)nc2)c1. The summed E-state index contributed by atoms with van der Waals surface area (Å²) in [5.41, 5.74) is 0.605. The lowest BCUT2D eigenvalue weighted by atomic mass is 10.1. The van der Waals surface area contributed by atoms with Crippen LogP contribution in [0.2, 0.25) is 0 Å². The molecular formula is C19H19F3N4O3. The van der Waals surface area contributed by atoms with Gasteiger partial charge in [0.15, 0.2) is 0 Å². The van der Waals surface area contributed by atoms with Crippen molar-refractivity contribution < 1.29 is 27.5 Å².